The maximum atomic E-state index is 13.1. The van der Waals surface area contributed by atoms with Gasteiger partial charge in [-0.2, -0.15) is 0 Å². The fraction of sp³-hybridized carbons (Fsp3) is 0.0769. The number of benzene rings is 1. The first-order valence-electron chi connectivity index (χ1n) is 5.32. The first kappa shape index (κ1) is 11.5. The van der Waals surface area contributed by atoms with Gasteiger partial charge in [0.1, 0.15) is 17.2 Å². The lowest BCUT2D eigenvalue weighted by molar-refractivity contribution is 0.507. The molecular weight excluding hydrogens is 301 g/mol. The Morgan fingerprint density at radius 3 is 2.78 bits per heavy atom. The summed E-state index contributed by atoms with van der Waals surface area (Å²) in [4.78, 5) is 0. The van der Waals surface area contributed by atoms with Crippen molar-refractivity contribution in [2.75, 3.05) is 0 Å². The van der Waals surface area contributed by atoms with E-state index in [1.165, 1.54) is 12.1 Å². The Labute approximate surface area is 110 Å². The standard InChI is InChI=1S/C13H9BrFNO2/c14-13-9(3-4-17-13)12(16)11-6-7-5-8(15)1-2-10(7)18-11/h1-6,12H,16H2. The topological polar surface area (TPSA) is 52.3 Å². The molecule has 0 saturated heterocycles. The molecule has 2 N–H and O–H groups in total. The van der Waals surface area contributed by atoms with Crippen molar-refractivity contribution in [2.24, 2.45) is 5.73 Å². The van der Waals surface area contributed by atoms with E-state index in [9.17, 15) is 4.39 Å². The number of nitrogens with two attached hydrogens (primary N) is 1. The van der Waals surface area contributed by atoms with Crippen LogP contribution >= 0.6 is 15.9 Å². The number of halogens is 2. The second kappa shape index (κ2) is 4.26. The van der Waals surface area contributed by atoms with E-state index in [0.717, 1.165) is 5.56 Å². The molecular formula is C13H9BrFNO2. The molecule has 1 atom stereocenters. The Bertz CT molecular complexity index is 704. The molecule has 5 heteroatoms. The zero-order valence-corrected chi connectivity index (χ0v) is 10.8. The van der Waals surface area contributed by atoms with E-state index in [1.807, 2.05) is 0 Å². The van der Waals surface area contributed by atoms with Gasteiger partial charge in [0.15, 0.2) is 4.67 Å². The molecule has 3 aromatic rings. The van der Waals surface area contributed by atoms with Gasteiger partial charge >= 0.3 is 0 Å². The zero-order valence-electron chi connectivity index (χ0n) is 9.19. The molecule has 3 rings (SSSR count). The van der Waals surface area contributed by atoms with Crippen LogP contribution in [-0.4, -0.2) is 0 Å². The quantitative estimate of drug-likeness (QED) is 0.779. The van der Waals surface area contributed by atoms with E-state index in [1.54, 1.807) is 24.5 Å². The zero-order chi connectivity index (χ0) is 12.7. The van der Waals surface area contributed by atoms with Crippen LogP contribution in [-0.2, 0) is 0 Å². The summed E-state index contributed by atoms with van der Waals surface area (Å²) in [5.41, 5.74) is 7.49. The number of furan rings is 2. The maximum absolute atomic E-state index is 13.1. The Balaban J connectivity index is 2.07. The van der Waals surface area contributed by atoms with Gasteiger partial charge in [0.25, 0.3) is 0 Å². The molecule has 0 bridgehead atoms. The maximum Gasteiger partial charge on any atom is 0.174 e. The molecule has 1 unspecified atom stereocenters. The van der Waals surface area contributed by atoms with Crippen molar-refractivity contribution in [2.45, 2.75) is 6.04 Å². The van der Waals surface area contributed by atoms with Crippen LogP contribution in [0.1, 0.15) is 17.4 Å². The number of hydrogen-bond donors (Lipinski definition) is 1. The third kappa shape index (κ3) is 1.85. The van der Waals surface area contributed by atoms with Crippen LogP contribution in [0, 0.1) is 5.82 Å². The van der Waals surface area contributed by atoms with E-state index >= 15 is 0 Å². The number of rotatable bonds is 2. The molecule has 0 saturated carbocycles. The Kier molecular flexibility index (Phi) is 2.72. The Morgan fingerprint density at radius 1 is 1.22 bits per heavy atom. The predicted molar refractivity (Wildman–Crippen MR) is 68.6 cm³/mol. The molecule has 2 heterocycles. The second-order valence-electron chi connectivity index (χ2n) is 3.96. The lowest BCUT2D eigenvalue weighted by atomic mass is 10.1. The molecule has 0 fully saturated rings. The van der Waals surface area contributed by atoms with Gasteiger partial charge < -0.3 is 14.6 Å². The minimum atomic E-state index is -0.450. The van der Waals surface area contributed by atoms with Gasteiger partial charge in [-0.25, -0.2) is 4.39 Å². The molecule has 0 aliphatic carbocycles. The van der Waals surface area contributed by atoms with Crippen LogP contribution in [0.3, 0.4) is 0 Å². The summed E-state index contributed by atoms with van der Waals surface area (Å²) in [6.07, 6.45) is 1.54. The van der Waals surface area contributed by atoms with Gasteiger partial charge in [-0.15, -0.1) is 0 Å². The van der Waals surface area contributed by atoms with Gasteiger partial charge in [-0.3, -0.25) is 0 Å². The molecule has 18 heavy (non-hydrogen) atoms. The monoisotopic (exact) mass is 309 g/mol. The lowest BCUT2D eigenvalue weighted by Gasteiger charge is -2.05. The normalized spacial score (nSPS) is 13.1. The van der Waals surface area contributed by atoms with Crippen molar-refractivity contribution in [1.82, 2.24) is 0 Å². The highest BCUT2D eigenvalue weighted by Gasteiger charge is 2.18. The summed E-state index contributed by atoms with van der Waals surface area (Å²) in [7, 11) is 0. The third-order valence-electron chi connectivity index (χ3n) is 2.79. The molecule has 0 aliphatic heterocycles. The van der Waals surface area contributed by atoms with Gasteiger partial charge in [-0.05, 0) is 46.3 Å². The highest BCUT2D eigenvalue weighted by Crippen LogP contribution is 2.31. The molecule has 1 aromatic carbocycles. The van der Waals surface area contributed by atoms with Crippen molar-refractivity contribution >= 4 is 26.9 Å². The molecule has 0 amide bonds. The van der Waals surface area contributed by atoms with Crippen molar-refractivity contribution in [3.63, 3.8) is 0 Å². The third-order valence-corrected chi connectivity index (χ3v) is 3.43. The van der Waals surface area contributed by atoms with Gasteiger partial charge in [0.2, 0.25) is 0 Å². The summed E-state index contributed by atoms with van der Waals surface area (Å²) in [5.74, 6) is 0.269. The largest absolute Gasteiger partial charge is 0.459 e. The fourth-order valence-electron chi connectivity index (χ4n) is 1.87. The fourth-order valence-corrected chi connectivity index (χ4v) is 2.35. The van der Waals surface area contributed by atoms with Crippen LogP contribution in [0.5, 0.6) is 0 Å². The van der Waals surface area contributed by atoms with E-state index in [-0.39, 0.29) is 5.82 Å². The molecule has 0 spiro atoms. The second-order valence-corrected chi connectivity index (χ2v) is 4.68. The van der Waals surface area contributed by atoms with E-state index in [2.05, 4.69) is 15.9 Å². The molecule has 92 valence electrons. The van der Waals surface area contributed by atoms with Crippen molar-refractivity contribution in [3.8, 4) is 0 Å². The average molecular weight is 310 g/mol. The average Bonchev–Trinajstić information content (AvgIpc) is 2.93. The van der Waals surface area contributed by atoms with Crippen LogP contribution in [0.15, 0.2) is 50.1 Å². The first-order valence-corrected chi connectivity index (χ1v) is 6.12. The summed E-state index contributed by atoms with van der Waals surface area (Å²) >= 11 is 3.27. The summed E-state index contributed by atoms with van der Waals surface area (Å²) in [6, 6.07) is 7.42. The van der Waals surface area contributed by atoms with Crippen molar-refractivity contribution < 1.29 is 13.2 Å². The highest BCUT2D eigenvalue weighted by molar-refractivity contribution is 9.10. The van der Waals surface area contributed by atoms with Crippen molar-refractivity contribution in [3.05, 3.63) is 58.4 Å². The highest BCUT2D eigenvalue weighted by atomic mass is 79.9. The first-order chi connectivity index (χ1) is 8.65. The molecule has 0 aliphatic rings. The molecule has 2 aromatic heterocycles. The Hall–Kier alpha value is -1.59. The lowest BCUT2D eigenvalue weighted by Crippen LogP contribution is -2.10. The molecule has 3 nitrogen and oxygen atoms in total. The summed E-state index contributed by atoms with van der Waals surface area (Å²) < 4.78 is 24.4. The molecule has 0 radical (unpaired) electrons. The smallest absolute Gasteiger partial charge is 0.174 e. The van der Waals surface area contributed by atoms with Crippen LogP contribution in [0.4, 0.5) is 4.39 Å². The number of fused-ring (bicyclic) bond motifs is 1. The van der Waals surface area contributed by atoms with Gasteiger partial charge in [0, 0.05) is 10.9 Å². The minimum Gasteiger partial charge on any atom is -0.459 e. The van der Waals surface area contributed by atoms with Gasteiger partial charge in [0.05, 0.1) is 12.3 Å². The van der Waals surface area contributed by atoms with Crippen LogP contribution in [0.2, 0.25) is 0 Å². The Morgan fingerprint density at radius 2 is 2.06 bits per heavy atom. The van der Waals surface area contributed by atoms with E-state index in [4.69, 9.17) is 14.6 Å². The van der Waals surface area contributed by atoms with Crippen LogP contribution in [0.25, 0.3) is 11.0 Å². The SMILES string of the molecule is NC(c1cc2cc(F)ccc2o1)c1ccoc1Br. The van der Waals surface area contributed by atoms with Crippen LogP contribution < -0.4 is 5.73 Å². The predicted octanol–water partition coefficient (Wildman–Crippen LogP) is 3.98. The van der Waals surface area contributed by atoms with E-state index in [0.29, 0.717) is 21.4 Å². The van der Waals surface area contributed by atoms with Crippen molar-refractivity contribution in [1.29, 1.82) is 0 Å². The van der Waals surface area contributed by atoms with E-state index < -0.39 is 6.04 Å². The minimum absolute atomic E-state index is 0.298. The summed E-state index contributed by atoms with van der Waals surface area (Å²) in [5, 5.41) is 0.695. The number of hydrogen-bond acceptors (Lipinski definition) is 3. The van der Waals surface area contributed by atoms with Gasteiger partial charge in [-0.1, -0.05) is 0 Å². The summed E-state index contributed by atoms with van der Waals surface area (Å²) in [6.45, 7) is 0.